The highest BCUT2D eigenvalue weighted by Gasteiger charge is 2.25. The van der Waals surface area contributed by atoms with Crippen molar-refractivity contribution in [1.82, 2.24) is 15.1 Å². The molecular formula is C18H19N3O. The van der Waals surface area contributed by atoms with E-state index in [0.29, 0.717) is 6.61 Å². The van der Waals surface area contributed by atoms with Crippen LogP contribution in [0.1, 0.15) is 17.3 Å². The van der Waals surface area contributed by atoms with Crippen LogP contribution in [0.25, 0.3) is 10.8 Å². The Morgan fingerprint density at radius 1 is 1.14 bits per heavy atom. The summed E-state index contributed by atoms with van der Waals surface area (Å²) in [5.41, 5.74) is 2.49. The van der Waals surface area contributed by atoms with E-state index in [1.807, 2.05) is 6.07 Å². The van der Waals surface area contributed by atoms with Crippen LogP contribution in [-0.4, -0.2) is 34.9 Å². The molecule has 1 aliphatic rings. The van der Waals surface area contributed by atoms with Gasteiger partial charge in [0.15, 0.2) is 0 Å². The van der Waals surface area contributed by atoms with Crippen molar-refractivity contribution >= 4 is 10.8 Å². The summed E-state index contributed by atoms with van der Waals surface area (Å²) in [4.78, 5) is 2.47. The lowest BCUT2D eigenvalue weighted by molar-refractivity contribution is -0.0140. The van der Waals surface area contributed by atoms with E-state index in [1.165, 1.54) is 16.3 Å². The highest BCUT2D eigenvalue weighted by atomic mass is 16.5. The predicted molar refractivity (Wildman–Crippen MR) is 86.5 cm³/mol. The number of aromatic amines is 1. The minimum atomic E-state index is 0.246. The van der Waals surface area contributed by atoms with E-state index in [0.717, 1.165) is 25.4 Å². The van der Waals surface area contributed by atoms with Crippen molar-refractivity contribution in [3.05, 3.63) is 66.0 Å². The van der Waals surface area contributed by atoms with Gasteiger partial charge in [0.2, 0.25) is 0 Å². The van der Waals surface area contributed by atoms with Gasteiger partial charge in [-0.1, -0.05) is 42.5 Å². The number of nitrogens with one attached hydrogen (secondary N) is 1. The number of morpholine rings is 1. The van der Waals surface area contributed by atoms with Crippen LogP contribution in [0.4, 0.5) is 0 Å². The largest absolute Gasteiger partial charge is 0.378 e. The molecule has 0 amide bonds. The highest BCUT2D eigenvalue weighted by Crippen LogP contribution is 2.27. The van der Waals surface area contributed by atoms with Gasteiger partial charge in [-0.2, -0.15) is 5.10 Å². The van der Waals surface area contributed by atoms with E-state index in [-0.39, 0.29) is 6.04 Å². The minimum absolute atomic E-state index is 0.246. The van der Waals surface area contributed by atoms with Crippen molar-refractivity contribution in [2.24, 2.45) is 0 Å². The zero-order valence-corrected chi connectivity index (χ0v) is 12.4. The number of H-pyrrole nitrogens is 1. The van der Waals surface area contributed by atoms with Crippen LogP contribution in [0, 0.1) is 0 Å². The molecule has 1 fully saturated rings. The van der Waals surface area contributed by atoms with Gasteiger partial charge < -0.3 is 4.74 Å². The molecule has 0 saturated carbocycles. The molecule has 3 aromatic rings. The molecule has 4 heteroatoms. The molecule has 1 N–H and O–H groups in total. The van der Waals surface area contributed by atoms with Gasteiger partial charge in [0.1, 0.15) is 0 Å². The second-order valence-electron chi connectivity index (χ2n) is 5.71. The molecule has 4 nitrogen and oxygen atoms in total. The number of benzene rings is 2. The number of hydrogen-bond acceptors (Lipinski definition) is 3. The predicted octanol–water partition coefficient (Wildman–Crippen LogP) is 3.14. The maximum atomic E-state index is 5.67. The molecule has 0 aliphatic carbocycles. The van der Waals surface area contributed by atoms with E-state index in [4.69, 9.17) is 4.74 Å². The van der Waals surface area contributed by atoms with Crippen LogP contribution in [-0.2, 0) is 11.3 Å². The SMILES string of the molecule is c1ccc2c(CN3CCOC[C@@H]3c3ccn[nH]3)cccc2c1. The van der Waals surface area contributed by atoms with Gasteiger partial charge in [0, 0.05) is 19.3 Å². The molecule has 1 saturated heterocycles. The lowest BCUT2D eigenvalue weighted by Crippen LogP contribution is -2.39. The Bertz CT molecular complexity index is 749. The molecule has 0 unspecified atom stereocenters. The third-order valence-electron chi connectivity index (χ3n) is 4.37. The summed E-state index contributed by atoms with van der Waals surface area (Å²) in [5.74, 6) is 0. The van der Waals surface area contributed by atoms with Gasteiger partial charge >= 0.3 is 0 Å². The molecular weight excluding hydrogens is 274 g/mol. The third kappa shape index (κ3) is 2.51. The fraction of sp³-hybridized carbons (Fsp3) is 0.278. The van der Waals surface area contributed by atoms with Crippen molar-refractivity contribution in [2.45, 2.75) is 12.6 Å². The van der Waals surface area contributed by atoms with Gasteiger partial charge in [-0.05, 0) is 22.4 Å². The molecule has 2 heterocycles. The van der Waals surface area contributed by atoms with Crippen LogP contribution in [0.3, 0.4) is 0 Å². The molecule has 1 aromatic heterocycles. The molecule has 4 rings (SSSR count). The Labute approximate surface area is 129 Å². The molecule has 1 aliphatic heterocycles. The summed E-state index contributed by atoms with van der Waals surface area (Å²) in [6, 6.07) is 17.4. The fourth-order valence-corrected chi connectivity index (χ4v) is 3.22. The van der Waals surface area contributed by atoms with Gasteiger partial charge in [-0.25, -0.2) is 0 Å². The Hall–Kier alpha value is -2.17. The van der Waals surface area contributed by atoms with Crippen molar-refractivity contribution in [3.63, 3.8) is 0 Å². The van der Waals surface area contributed by atoms with Crippen LogP contribution in [0.15, 0.2) is 54.7 Å². The zero-order valence-electron chi connectivity index (χ0n) is 12.4. The van der Waals surface area contributed by atoms with Crippen molar-refractivity contribution in [1.29, 1.82) is 0 Å². The van der Waals surface area contributed by atoms with Crippen molar-refractivity contribution < 1.29 is 4.74 Å². The van der Waals surface area contributed by atoms with Gasteiger partial charge in [-0.3, -0.25) is 10.00 Å². The molecule has 112 valence electrons. The van der Waals surface area contributed by atoms with E-state index in [9.17, 15) is 0 Å². The molecule has 0 spiro atoms. The third-order valence-corrected chi connectivity index (χ3v) is 4.37. The average molecular weight is 293 g/mol. The van der Waals surface area contributed by atoms with Crippen LogP contribution in [0.2, 0.25) is 0 Å². The van der Waals surface area contributed by atoms with E-state index in [2.05, 4.69) is 57.6 Å². The second kappa shape index (κ2) is 5.91. The Morgan fingerprint density at radius 3 is 2.95 bits per heavy atom. The quantitative estimate of drug-likeness (QED) is 0.806. The Morgan fingerprint density at radius 2 is 2.05 bits per heavy atom. The Balaban J connectivity index is 1.65. The normalized spacial score (nSPS) is 19.5. The summed E-state index contributed by atoms with van der Waals surface area (Å²) in [7, 11) is 0. The topological polar surface area (TPSA) is 41.1 Å². The summed E-state index contributed by atoms with van der Waals surface area (Å²) < 4.78 is 5.67. The summed E-state index contributed by atoms with van der Waals surface area (Å²) in [6.45, 7) is 3.36. The van der Waals surface area contributed by atoms with Crippen molar-refractivity contribution in [2.75, 3.05) is 19.8 Å². The molecule has 1 atom stereocenters. The molecule has 2 aromatic carbocycles. The zero-order chi connectivity index (χ0) is 14.8. The fourth-order valence-electron chi connectivity index (χ4n) is 3.22. The highest BCUT2D eigenvalue weighted by molar-refractivity contribution is 5.85. The van der Waals surface area contributed by atoms with E-state index in [1.54, 1.807) is 6.20 Å². The second-order valence-corrected chi connectivity index (χ2v) is 5.71. The van der Waals surface area contributed by atoms with Crippen molar-refractivity contribution in [3.8, 4) is 0 Å². The number of ether oxygens (including phenoxy) is 1. The van der Waals surface area contributed by atoms with Crippen LogP contribution in [0.5, 0.6) is 0 Å². The lowest BCUT2D eigenvalue weighted by Gasteiger charge is -2.35. The van der Waals surface area contributed by atoms with Gasteiger partial charge in [-0.15, -0.1) is 0 Å². The molecule has 0 radical (unpaired) electrons. The van der Waals surface area contributed by atoms with E-state index >= 15 is 0 Å². The van der Waals surface area contributed by atoms with Crippen LogP contribution >= 0.6 is 0 Å². The van der Waals surface area contributed by atoms with Gasteiger partial charge in [0.05, 0.1) is 24.9 Å². The monoisotopic (exact) mass is 293 g/mol. The molecule has 22 heavy (non-hydrogen) atoms. The average Bonchev–Trinajstić information content (AvgIpc) is 3.10. The Kier molecular flexibility index (Phi) is 3.62. The number of rotatable bonds is 3. The molecule has 0 bridgehead atoms. The van der Waals surface area contributed by atoms with Crippen LogP contribution < -0.4 is 0 Å². The first-order valence-corrected chi connectivity index (χ1v) is 7.69. The number of aromatic nitrogens is 2. The summed E-state index contributed by atoms with van der Waals surface area (Å²) in [6.07, 6.45) is 1.81. The first-order valence-electron chi connectivity index (χ1n) is 7.69. The smallest absolute Gasteiger partial charge is 0.0755 e. The summed E-state index contributed by atoms with van der Waals surface area (Å²) in [5, 5.41) is 9.80. The first-order chi connectivity index (χ1) is 10.9. The number of nitrogens with zero attached hydrogens (tertiary/aromatic N) is 2. The summed E-state index contributed by atoms with van der Waals surface area (Å²) >= 11 is 0. The minimum Gasteiger partial charge on any atom is -0.378 e. The maximum absolute atomic E-state index is 5.67. The lowest BCUT2D eigenvalue weighted by atomic mass is 10.0. The first kappa shape index (κ1) is 13.5. The van der Waals surface area contributed by atoms with Gasteiger partial charge in [0.25, 0.3) is 0 Å². The van der Waals surface area contributed by atoms with E-state index < -0.39 is 0 Å². The number of hydrogen-bond donors (Lipinski definition) is 1. The standard InChI is InChI=1S/C18H19N3O/c1-2-7-16-14(4-1)5-3-6-15(16)12-21-10-11-22-13-18(21)17-8-9-19-20-17/h1-9,18H,10-13H2,(H,19,20)/t18-/m1/s1. The number of fused-ring (bicyclic) bond motifs is 1. The maximum Gasteiger partial charge on any atom is 0.0755 e.